The van der Waals surface area contributed by atoms with Crippen LogP contribution in [0.2, 0.25) is 0 Å². The van der Waals surface area contributed by atoms with Crippen molar-refractivity contribution in [1.29, 1.82) is 0 Å². The van der Waals surface area contributed by atoms with Gasteiger partial charge in [0.15, 0.2) is 0 Å². The van der Waals surface area contributed by atoms with E-state index in [0.717, 1.165) is 32.3 Å². The van der Waals surface area contributed by atoms with E-state index in [0.29, 0.717) is 18.5 Å². The van der Waals surface area contributed by atoms with Crippen LogP contribution >= 0.6 is 0 Å². The molecule has 2 saturated heterocycles. The molecule has 0 aliphatic carbocycles. The van der Waals surface area contributed by atoms with E-state index < -0.39 is 0 Å². The third-order valence-electron chi connectivity index (χ3n) is 4.10. The third kappa shape index (κ3) is 3.95. The average molecular weight is 254 g/mol. The molecule has 2 aliphatic heterocycles. The molecule has 0 radical (unpaired) electrons. The van der Waals surface area contributed by atoms with Gasteiger partial charge in [-0.05, 0) is 46.0 Å². The number of ether oxygens (including phenoxy) is 1. The van der Waals surface area contributed by atoms with Gasteiger partial charge in [0.1, 0.15) is 0 Å². The molecule has 0 saturated carbocycles. The van der Waals surface area contributed by atoms with Crippen molar-refractivity contribution in [1.82, 2.24) is 10.6 Å². The van der Waals surface area contributed by atoms with Crippen molar-refractivity contribution in [2.75, 3.05) is 6.61 Å². The van der Waals surface area contributed by atoms with Crippen LogP contribution in [0.1, 0.15) is 52.4 Å². The summed E-state index contributed by atoms with van der Waals surface area (Å²) in [6.07, 6.45) is 6.24. The first-order chi connectivity index (χ1) is 8.65. The van der Waals surface area contributed by atoms with Crippen molar-refractivity contribution in [2.45, 2.75) is 76.6 Å². The normalized spacial score (nSPS) is 37.2. The van der Waals surface area contributed by atoms with Gasteiger partial charge in [-0.25, -0.2) is 0 Å². The number of rotatable bonds is 3. The minimum atomic E-state index is 0.143. The Kier molecular flexibility index (Phi) is 5.01. The Morgan fingerprint density at radius 1 is 1.28 bits per heavy atom. The van der Waals surface area contributed by atoms with Crippen LogP contribution in [-0.4, -0.2) is 36.7 Å². The largest absolute Gasteiger partial charge is 0.378 e. The Hall–Kier alpha value is -0.610. The Balaban J connectivity index is 1.73. The maximum Gasteiger partial charge on any atom is 0.222 e. The summed E-state index contributed by atoms with van der Waals surface area (Å²) >= 11 is 0. The Labute approximate surface area is 110 Å². The number of carbonyl (C=O) groups excluding carboxylic acids is 1. The first-order valence-corrected chi connectivity index (χ1v) is 7.32. The topological polar surface area (TPSA) is 50.4 Å². The van der Waals surface area contributed by atoms with Crippen molar-refractivity contribution in [3.63, 3.8) is 0 Å². The summed E-state index contributed by atoms with van der Waals surface area (Å²) in [5.74, 6) is 0.148. The molecule has 18 heavy (non-hydrogen) atoms. The van der Waals surface area contributed by atoms with Gasteiger partial charge in [0.2, 0.25) is 5.91 Å². The van der Waals surface area contributed by atoms with Gasteiger partial charge >= 0.3 is 0 Å². The minimum absolute atomic E-state index is 0.143. The number of hydrogen-bond acceptors (Lipinski definition) is 3. The second kappa shape index (κ2) is 6.53. The average Bonchev–Trinajstić information content (AvgIpc) is 2.34. The van der Waals surface area contributed by atoms with E-state index in [-0.39, 0.29) is 18.1 Å². The minimum Gasteiger partial charge on any atom is -0.378 e. The summed E-state index contributed by atoms with van der Waals surface area (Å²) in [5, 5.41) is 6.65. The lowest BCUT2D eigenvalue weighted by Crippen LogP contribution is -2.55. The van der Waals surface area contributed by atoms with E-state index >= 15 is 0 Å². The van der Waals surface area contributed by atoms with Crippen LogP contribution < -0.4 is 10.6 Å². The molecule has 0 aromatic carbocycles. The third-order valence-corrected chi connectivity index (χ3v) is 4.10. The molecule has 0 aromatic heterocycles. The number of piperidine rings is 1. The van der Waals surface area contributed by atoms with Crippen LogP contribution in [0.3, 0.4) is 0 Å². The number of amides is 1. The molecule has 4 heteroatoms. The highest BCUT2D eigenvalue weighted by atomic mass is 16.5. The van der Waals surface area contributed by atoms with Crippen LogP contribution in [0.4, 0.5) is 0 Å². The molecule has 2 rings (SSSR count). The van der Waals surface area contributed by atoms with Gasteiger partial charge in [0.25, 0.3) is 0 Å². The molecule has 2 N–H and O–H groups in total. The highest BCUT2D eigenvalue weighted by molar-refractivity contribution is 5.76. The maximum absolute atomic E-state index is 12.0. The SMILES string of the molecule is CC1CCC(NC(=O)CC2CCCCO2)C(C)N1. The van der Waals surface area contributed by atoms with Gasteiger partial charge in [-0.2, -0.15) is 0 Å². The molecule has 1 amide bonds. The summed E-state index contributed by atoms with van der Waals surface area (Å²) in [4.78, 5) is 12.0. The molecule has 2 aliphatic rings. The van der Waals surface area contributed by atoms with Crippen LogP contribution in [0.25, 0.3) is 0 Å². The van der Waals surface area contributed by atoms with Crippen molar-refractivity contribution in [3.05, 3.63) is 0 Å². The fourth-order valence-electron chi connectivity index (χ4n) is 2.97. The monoisotopic (exact) mass is 254 g/mol. The van der Waals surface area contributed by atoms with Gasteiger partial charge in [-0.15, -0.1) is 0 Å². The quantitative estimate of drug-likeness (QED) is 0.804. The van der Waals surface area contributed by atoms with Crippen LogP contribution in [0, 0.1) is 0 Å². The van der Waals surface area contributed by atoms with E-state index in [9.17, 15) is 4.79 Å². The molecule has 0 bridgehead atoms. The molecule has 2 heterocycles. The molecule has 2 fully saturated rings. The Morgan fingerprint density at radius 2 is 2.11 bits per heavy atom. The zero-order valence-corrected chi connectivity index (χ0v) is 11.6. The number of hydrogen-bond donors (Lipinski definition) is 2. The first kappa shape index (κ1) is 13.8. The van der Waals surface area contributed by atoms with Gasteiger partial charge in [-0.1, -0.05) is 0 Å². The summed E-state index contributed by atoms with van der Waals surface area (Å²) in [7, 11) is 0. The second-order valence-electron chi connectivity index (χ2n) is 5.80. The predicted octanol–water partition coefficient (Wildman–Crippen LogP) is 1.59. The summed E-state index contributed by atoms with van der Waals surface area (Å²) in [5.41, 5.74) is 0. The lowest BCUT2D eigenvalue weighted by molar-refractivity contribution is -0.126. The molecule has 4 unspecified atom stereocenters. The smallest absolute Gasteiger partial charge is 0.222 e. The zero-order chi connectivity index (χ0) is 13.0. The lowest BCUT2D eigenvalue weighted by atomic mass is 9.95. The van der Waals surface area contributed by atoms with E-state index in [1.54, 1.807) is 0 Å². The van der Waals surface area contributed by atoms with E-state index in [1.165, 1.54) is 6.42 Å². The van der Waals surface area contributed by atoms with Crippen molar-refractivity contribution in [3.8, 4) is 0 Å². The molecule has 104 valence electrons. The van der Waals surface area contributed by atoms with Gasteiger partial charge in [-0.3, -0.25) is 4.79 Å². The van der Waals surface area contributed by atoms with Crippen LogP contribution in [0.5, 0.6) is 0 Å². The van der Waals surface area contributed by atoms with Crippen molar-refractivity contribution in [2.24, 2.45) is 0 Å². The fourth-order valence-corrected chi connectivity index (χ4v) is 2.97. The molecule has 0 spiro atoms. The number of carbonyl (C=O) groups is 1. The lowest BCUT2D eigenvalue weighted by Gasteiger charge is -2.35. The van der Waals surface area contributed by atoms with Crippen LogP contribution in [0.15, 0.2) is 0 Å². The number of nitrogens with one attached hydrogen (secondary N) is 2. The van der Waals surface area contributed by atoms with Crippen LogP contribution in [-0.2, 0) is 9.53 Å². The van der Waals surface area contributed by atoms with Gasteiger partial charge in [0, 0.05) is 24.7 Å². The molecule has 0 aromatic rings. The summed E-state index contributed by atoms with van der Waals surface area (Å²) < 4.78 is 5.61. The van der Waals surface area contributed by atoms with Crippen molar-refractivity contribution < 1.29 is 9.53 Å². The van der Waals surface area contributed by atoms with E-state index in [2.05, 4.69) is 24.5 Å². The van der Waals surface area contributed by atoms with Gasteiger partial charge in [0.05, 0.1) is 12.5 Å². The van der Waals surface area contributed by atoms with Gasteiger partial charge < -0.3 is 15.4 Å². The molecule has 4 nitrogen and oxygen atoms in total. The van der Waals surface area contributed by atoms with E-state index in [1.807, 2.05) is 0 Å². The summed E-state index contributed by atoms with van der Waals surface area (Å²) in [6, 6.07) is 1.21. The summed E-state index contributed by atoms with van der Waals surface area (Å²) in [6.45, 7) is 5.17. The van der Waals surface area contributed by atoms with Crippen molar-refractivity contribution >= 4 is 5.91 Å². The highest BCUT2D eigenvalue weighted by Crippen LogP contribution is 2.17. The highest BCUT2D eigenvalue weighted by Gasteiger charge is 2.27. The molecule has 4 atom stereocenters. The predicted molar refractivity (Wildman–Crippen MR) is 71.4 cm³/mol. The van der Waals surface area contributed by atoms with E-state index in [4.69, 9.17) is 4.74 Å². The standard InChI is InChI=1S/C14H26N2O2/c1-10-6-7-13(11(2)15-10)16-14(17)9-12-5-3-4-8-18-12/h10-13,15H,3-9H2,1-2H3,(H,16,17). The first-order valence-electron chi connectivity index (χ1n) is 7.32. The molecular formula is C14H26N2O2. The second-order valence-corrected chi connectivity index (χ2v) is 5.80. The maximum atomic E-state index is 12.0. The fraction of sp³-hybridized carbons (Fsp3) is 0.929. The Morgan fingerprint density at radius 3 is 2.78 bits per heavy atom. The molecular weight excluding hydrogens is 228 g/mol. The Bertz CT molecular complexity index is 277. The zero-order valence-electron chi connectivity index (χ0n) is 11.6.